The number of nitro groups is 1. The number of anilines is 1. The molecule has 3 rings (SSSR count). The summed E-state index contributed by atoms with van der Waals surface area (Å²) >= 11 is 0. The van der Waals surface area contributed by atoms with Crippen LogP contribution in [0.2, 0.25) is 0 Å². The molecule has 8 nitrogen and oxygen atoms in total. The van der Waals surface area contributed by atoms with Crippen LogP contribution in [-0.4, -0.2) is 27.7 Å². The van der Waals surface area contributed by atoms with Gasteiger partial charge in [-0.05, 0) is 24.3 Å². The number of nitro benzene ring substituents is 1. The first kappa shape index (κ1) is 16.2. The van der Waals surface area contributed by atoms with Gasteiger partial charge in [-0.25, -0.2) is 4.68 Å². The number of para-hydroxylation sites is 1. The molecule has 8 heteroatoms. The molecule has 3 aromatic rings. The van der Waals surface area contributed by atoms with Crippen LogP contribution in [0.5, 0.6) is 5.75 Å². The van der Waals surface area contributed by atoms with Gasteiger partial charge in [-0.1, -0.05) is 18.2 Å². The summed E-state index contributed by atoms with van der Waals surface area (Å²) in [7, 11) is 1.42. The molecule has 0 fully saturated rings. The summed E-state index contributed by atoms with van der Waals surface area (Å²) < 4.78 is 6.63. The number of carbonyl (C=O) groups excluding carboxylic acids is 1. The van der Waals surface area contributed by atoms with Gasteiger partial charge in [0.25, 0.3) is 11.6 Å². The number of benzene rings is 2. The van der Waals surface area contributed by atoms with E-state index in [4.69, 9.17) is 4.74 Å². The van der Waals surface area contributed by atoms with Gasteiger partial charge in [0.05, 0.1) is 35.8 Å². The van der Waals surface area contributed by atoms with Gasteiger partial charge >= 0.3 is 0 Å². The topological polar surface area (TPSA) is 99.3 Å². The smallest absolute Gasteiger partial charge is 0.282 e. The standard InChI is InChI=1S/C17H14N4O4/c1-25-14-7-8-16(21(23)24)15(9-14)17(22)19-12-10-18-20(11-12)13-5-3-2-4-6-13/h2-11H,1H3,(H,19,22). The number of methoxy groups -OCH3 is 1. The predicted octanol–water partition coefficient (Wildman–Crippen LogP) is 3.04. The van der Waals surface area contributed by atoms with E-state index in [1.807, 2.05) is 30.3 Å². The molecule has 0 aliphatic heterocycles. The largest absolute Gasteiger partial charge is 0.497 e. The van der Waals surface area contributed by atoms with Crippen molar-refractivity contribution in [2.75, 3.05) is 12.4 Å². The van der Waals surface area contributed by atoms with Crippen molar-refractivity contribution in [2.45, 2.75) is 0 Å². The number of carbonyl (C=O) groups is 1. The van der Waals surface area contributed by atoms with Crippen molar-refractivity contribution < 1.29 is 14.5 Å². The van der Waals surface area contributed by atoms with E-state index in [9.17, 15) is 14.9 Å². The number of amides is 1. The minimum atomic E-state index is -0.613. The summed E-state index contributed by atoms with van der Waals surface area (Å²) in [6, 6.07) is 13.4. The van der Waals surface area contributed by atoms with Gasteiger partial charge in [-0.15, -0.1) is 0 Å². The van der Waals surface area contributed by atoms with Crippen LogP contribution in [0.15, 0.2) is 60.9 Å². The van der Waals surface area contributed by atoms with Gasteiger partial charge in [-0.3, -0.25) is 14.9 Å². The summed E-state index contributed by atoms with van der Waals surface area (Å²) in [4.78, 5) is 23.0. The molecule has 0 atom stereocenters. The average Bonchev–Trinajstić information content (AvgIpc) is 3.10. The zero-order valence-corrected chi connectivity index (χ0v) is 13.2. The molecule has 0 radical (unpaired) electrons. The van der Waals surface area contributed by atoms with Crippen molar-refractivity contribution in [3.05, 3.63) is 76.6 Å². The molecule has 1 heterocycles. The number of nitrogens with one attached hydrogen (secondary N) is 1. The van der Waals surface area contributed by atoms with Gasteiger partial charge in [0.2, 0.25) is 0 Å². The van der Waals surface area contributed by atoms with E-state index in [2.05, 4.69) is 10.4 Å². The first-order valence-electron chi connectivity index (χ1n) is 7.32. The van der Waals surface area contributed by atoms with Gasteiger partial charge in [-0.2, -0.15) is 5.10 Å². The lowest BCUT2D eigenvalue weighted by atomic mass is 10.1. The zero-order valence-electron chi connectivity index (χ0n) is 13.2. The number of nitrogens with zero attached hydrogens (tertiary/aromatic N) is 3. The Balaban J connectivity index is 1.86. The maximum atomic E-state index is 12.4. The number of ether oxygens (including phenoxy) is 1. The van der Waals surface area contributed by atoms with Crippen molar-refractivity contribution in [1.29, 1.82) is 0 Å². The number of hydrogen-bond acceptors (Lipinski definition) is 5. The van der Waals surface area contributed by atoms with E-state index in [0.29, 0.717) is 11.4 Å². The first-order chi connectivity index (χ1) is 12.1. The molecule has 0 aliphatic rings. The van der Waals surface area contributed by atoms with E-state index < -0.39 is 10.8 Å². The van der Waals surface area contributed by atoms with E-state index in [1.165, 1.54) is 31.5 Å². The third kappa shape index (κ3) is 3.47. The minimum Gasteiger partial charge on any atom is -0.497 e. The van der Waals surface area contributed by atoms with Crippen LogP contribution >= 0.6 is 0 Å². The second-order valence-corrected chi connectivity index (χ2v) is 5.10. The van der Waals surface area contributed by atoms with Crippen molar-refractivity contribution in [1.82, 2.24) is 9.78 Å². The van der Waals surface area contributed by atoms with Crippen molar-refractivity contribution >= 4 is 17.3 Å². The SMILES string of the molecule is COc1ccc([N+](=O)[O-])c(C(=O)Nc2cnn(-c3ccccc3)c2)c1. The highest BCUT2D eigenvalue weighted by Crippen LogP contribution is 2.25. The summed E-state index contributed by atoms with van der Waals surface area (Å²) in [5, 5.41) is 17.9. The van der Waals surface area contributed by atoms with Crippen molar-refractivity contribution in [3.63, 3.8) is 0 Å². The molecule has 0 aliphatic carbocycles. The molecule has 1 N–H and O–H groups in total. The van der Waals surface area contributed by atoms with Crippen LogP contribution in [0.1, 0.15) is 10.4 Å². The fourth-order valence-corrected chi connectivity index (χ4v) is 2.29. The fraction of sp³-hybridized carbons (Fsp3) is 0.0588. The van der Waals surface area contributed by atoms with E-state index >= 15 is 0 Å². The summed E-state index contributed by atoms with van der Waals surface area (Å²) in [6.45, 7) is 0. The Bertz CT molecular complexity index is 921. The van der Waals surface area contributed by atoms with Crippen LogP contribution < -0.4 is 10.1 Å². The summed E-state index contributed by atoms with van der Waals surface area (Å²) in [5.41, 5.74) is 0.867. The molecule has 126 valence electrons. The van der Waals surface area contributed by atoms with Crippen LogP contribution in [0.25, 0.3) is 5.69 Å². The number of aromatic nitrogens is 2. The van der Waals surface area contributed by atoms with Crippen molar-refractivity contribution in [3.8, 4) is 11.4 Å². The molecule has 0 saturated heterocycles. The fourth-order valence-electron chi connectivity index (χ4n) is 2.29. The van der Waals surface area contributed by atoms with Gasteiger partial charge in [0, 0.05) is 6.07 Å². The highest BCUT2D eigenvalue weighted by molar-refractivity contribution is 6.07. The lowest BCUT2D eigenvalue weighted by molar-refractivity contribution is -0.385. The molecular weight excluding hydrogens is 324 g/mol. The number of hydrogen-bond donors (Lipinski definition) is 1. The average molecular weight is 338 g/mol. The van der Waals surface area contributed by atoms with E-state index in [0.717, 1.165) is 5.69 Å². The molecule has 0 spiro atoms. The maximum absolute atomic E-state index is 12.4. The predicted molar refractivity (Wildman–Crippen MR) is 91.2 cm³/mol. The van der Waals surface area contributed by atoms with Crippen LogP contribution in [-0.2, 0) is 0 Å². The second-order valence-electron chi connectivity index (χ2n) is 5.10. The molecule has 0 unspecified atom stereocenters. The van der Waals surface area contributed by atoms with Crippen molar-refractivity contribution in [2.24, 2.45) is 0 Å². The highest BCUT2D eigenvalue weighted by atomic mass is 16.6. The Morgan fingerprint density at radius 3 is 2.68 bits per heavy atom. The van der Waals surface area contributed by atoms with Crippen LogP contribution in [0.4, 0.5) is 11.4 Å². The zero-order chi connectivity index (χ0) is 17.8. The maximum Gasteiger partial charge on any atom is 0.282 e. The first-order valence-corrected chi connectivity index (χ1v) is 7.32. The van der Waals surface area contributed by atoms with Gasteiger partial charge in [0.15, 0.2) is 0 Å². The lowest BCUT2D eigenvalue weighted by Crippen LogP contribution is -2.13. The molecule has 25 heavy (non-hydrogen) atoms. The summed E-state index contributed by atoms with van der Waals surface area (Å²) in [6.07, 6.45) is 3.09. The third-order valence-electron chi connectivity index (χ3n) is 3.51. The Kier molecular flexibility index (Phi) is 4.42. The van der Waals surface area contributed by atoms with E-state index in [1.54, 1.807) is 10.9 Å². The van der Waals surface area contributed by atoms with Gasteiger partial charge < -0.3 is 10.1 Å². The Hall–Kier alpha value is -3.68. The normalized spacial score (nSPS) is 10.3. The molecule has 0 bridgehead atoms. The quantitative estimate of drug-likeness (QED) is 0.569. The molecule has 2 aromatic carbocycles. The molecule has 0 saturated carbocycles. The molecular formula is C17H14N4O4. The lowest BCUT2D eigenvalue weighted by Gasteiger charge is -2.06. The Morgan fingerprint density at radius 2 is 2.00 bits per heavy atom. The van der Waals surface area contributed by atoms with Crippen LogP contribution in [0.3, 0.4) is 0 Å². The number of rotatable bonds is 5. The van der Waals surface area contributed by atoms with Crippen LogP contribution in [0, 0.1) is 10.1 Å². The highest BCUT2D eigenvalue weighted by Gasteiger charge is 2.21. The third-order valence-corrected chi connectivity index (χ3v) is 3.51. The second kappa shape index (κ2) is 6.83. The van der Waals surface area contributed by atoms with Gasteiger partial charge in [0.1, 0.15) is 11.3 Å². The Morgan fingerprint density at radius 1 is 1.24 bits per heavy atom. The monoisotopic (exact) mass is 338 g/mol. The molecule has 1 aromatic heterocycles. The van der Waals surface area contributed by atoms with E-state index in [-0.39, 0.29) is 11.3 Å². The Labute approximate surface area is 142 Å². The minimum absolute atomic E-state index is 0.0863. The summed E-state index contributed by atoms with van der Waals surface area (Å²) in [5.74, 6) is -0.256. The molecule has 1 amide bonds.